The normalized spacial score (nSPS) is 10.5. The van der Waals surface area contributed by atoms with Crippen molar-refractivity contribution in [3.63, 3.8) is 0 Å². The molecule has 0 atom stereocenters. The van der Waals surface area contributed by atoms with E-state index < -0.39 is 0 Å². The molecule has 0 bridgehead atoms. The number of halogens is 1. The Hall–Kier alpha value is -2.87. The molecule has 0 unspecified atom stereocenters. The maximum Gasteiger partial charge on any atom is 0.331 e. The summed E-state index contributed by atoms with van der Waals surface area (Å²) in [6.45, 7) is 0. The number of H-pyrrole nitrogens is 1. The summed E-state index contributed by atoms with van der Waals surface area (Å²) < 4.78 is 14.4. The molecular formula is C14H8FN3O. The third-order valence-corrected chi connectivity index (χ3v) is 2.90. The molecule has 19 heavy (non-hydrogen) atoms. The van der Waals surface area contributed by atoms with E-state index in [4.69, 9.17) is 5.26 Å². The van der Waals surface area contributed by atoms with E-state index in [1.54, 1.807) is 18.2 Å². The van der Waals surface area contributed by atoms with Gasteiger partial charge in [0, 0.05) is 0 Å². The molecule has 1 heterocycles. The van der Waals surface area contributed by atoms with Gasteiger partial charge < -0.3 is 4.98 Å². The number of aromatic amines is 1. The highest BCUT2D eigenvalue weighted by molar-refractivity contribution is 5.78. The number of hydrogen-bond acceptors (Lipinski definition) is 2. The van der Waals surface area contributed by atoms with Gasteiger partial charge in [0.05, 0.1) is 28.4 Å². The van der Waals surface area contributed by atoms with Crippen molar-refractivity contribution in [3.8, 4) is 11.8 Å². The molecule has 1 aromatic heterocycles. The number of nitrogens with zero attached hydrogens (tertiary/aromatic N) is 2. The van der Waals surface area contributed by atoms with Crippen LogP contribution in [0.3, 0.4) is 0 Å². The summed E-state index contributed by atoms with van der Waals surface area (Å²) in [4.78, 5) is 14.6. The molecule has 0 aliphatic carbocycles. The van der Waals surface area contributed by atoms with E-state index in [-0.39, 0.29) is 11.5 Å². The van der Waals surface area contributed by atoms with Gasteiger partial charge in [-0.25, -0.2) is 9.18 Å². The van der Waals surface area contributed by atoms with Gasteiger partial charge in [-0.05, 0) is 42.5 Å². The number of benzene rings is 2. The lowest BCUT2D eigenvalue weighted by atomic mass is 10.2. The zero-order valence-electron chi connectivity index (χ0n) is 9.72. The molecule has 0 fully saturated rings. The number of nitriles is 1. The van der Waals surface area contributed by atoms with E-state index in [2.05, 4.69) is 4.98 Å². The van der Waals surface area contributed by atoms with Crippen LogP contribution in [-0.4, -0.2) is 9.55 Å². The highest BCUT2D eigenvalue weighted by atomic mass is 19.1. The topological polar surface area (TPSA) is 61.6 Å². The second kappa shape index (κ2) is 4.10. The summed E-state index contributed by atoms with van der Waals surface area (Å²) in [6.07, 6.45) is 0. The van der Waals surface area contributed by atoms with Crippen molar-refractivity contribution in [2.75, 3.05) is 0 Å². The van der Waals surface area contributed by atoms with E-state index in [9.17, 15) is 9.18 Å². The molecule has 0 aliphatic heterocycles. The van der Waals surface area contributed by atoms with Crippen molar-refractivity contribution in [2.24, 2.45) is 0 Å². The summed E-state index contributed by atoms with van der Waals surface area (Å²) in [7, 11) is 0. The van der Waals surface area contributed by atoms with Crippen LogP contribution in [0.1, 0.15) is 5.56 Å². The highest BCUT2D eigenvalue weighted by Crippen LogP contribution is 2.17. The second-order valence-electron chi connectivity index (χ2n) is 4.09. The van der Waals surface area contributed by atoms with Crippen LogP contribution in [0.15, 0.2) is 47.3 Å². The van der Waals surface area contributed by atoms with Crippen LogP contribution in [0.4, 0.5) is 4.39 Å². The summed E-state index contributed by atoms with van der Waals surface area (Å²) in [5.74, 6) is -0.358. The molecule has 5 heteroatoms. The van der Waals surface area contributed by atoms with Gasteiger partial charge >= 0.3 is 5.69 Å². The smallest absolute Gasteiger partial charge is 0.305 e. The van der Waals surface area contributed by atoms with Crippen molar-refractivity contribution >= 4 is 11.0 Å². The molecule has 1 N–H and O–H groups in total. The lowest BCUT2D eigenvalue weighted by Gasteiger charge is -2.02. The average molecular weight is 253 g/mol. The predicted octanol–water partition coefficient (Wildman–Crippen LogP) is 2.33. The van der Waals surface area contributed by atoms with Gasteiger partial charge in [-0.1, -0.05) is 0 Å². The molecular weight excluding hydrogens is 245 g/mol. The molecule has 2 aromatic carbocycles. The Kier molecular flexibility index (Phi) is 2.43. The number of imidazole rings is 1. The largest absolute Gasteiger partial charge is 0.331 e. The summed E-state index contributed by atoms with van der Waals surface area (Å²) in [5.41, 5.74) is 1.95. The summed E-state index contributed by atoms with van der Waals surface area (Å²) in [5, 5.41) is 8.83. The van der Waals surface area contributed by atoms with Crippen molar-refractivity contribution in [1.82, 2.24) is 9.55 Å². The van der Waals surface area contributed by atoms with Gasteiger partial charge in [0.2, 0.25) is 0 Å². The molecule has 3 aromatic rings. The first kappa shape index (κ1) is 11.2. The Morgan fingerprint density at radius 2 is 1.89 bits per heavy atom. The van der Waals surface area contributed by atoms with Crippen LogP contribution < -0.4 is 5.69 Å². The SMILES string of the molecule is N#Cc1ccc2c(c1)[nH]c(=O)n2-c1ccc(F)cc1. The Morgan fingerprint density at radius 1 is 1.16 bits per heavy atom. The standard InChI is InChI=1S/C14H8FN3O/c15-10-2-4-11(5-3-10)18-13-6-1-9(8-16)7-12(13)17-14(18)19/h1-7H,(H,17,19). The molecule has 0 saturated carbocycles. The van der Waals surface area contributed by atoms with Crippen LogP contribution in [-0.2, 0) is 0 Å². The van der Waals surface area contributed by atoms with Gasteiger partial charge in [0.1, 0.15) is 5.82 Å². The maximum absolute atomic E-state index is 12.9. The zero-order chi connectivity index (χ0) is 13.4. The minimum Gasteiger partial charge on any atom is -0.305 e. The molecule has 0 radical (unpaired) electrons. The zero-order valence-corrected chi connectivity index (χ0v) is 9.72. The lowest BCUT2D eigenvalue weighted by molar-refractivity contribution is 0.627. The number of rotatable bonds is 1. The third-order valence-electron chi connectivity index (χ3n) is 2.90. The van der Waals surface area contributed by atoms with Crippen LogP contribution in [0.25, 0.3) is 16.7 Å². The Labute approximate surface area is 107 Å². The van der Waals surface area contributed by atoms with Crippen LogP contribution in [0.5, 0.6) is 0 Å². The highest BCUT2D eigenvalue weighted by Gasteiger charge is 2.09. The van der Waals surface area contributed by atoms with Crippen LogP contribution >= 0.6 is 0 Å². The van der Waals surface area contributed by atoms with Crippen molar-refractivity contribution in [2.45, 2.75) is 0 Å². The summed E-state index contributed by atoms with van der Waals surface area (Å²) in [6, 6.07) is 12.6. The number of aromatic nitrogens is 2. The Morgan fingerprint density at radius 3 is 2.58 bits per heavy atom. The maximum atomic E-state index is 12.9. The van der Waals surface area contributed by atoms with Crippen molar-refractivity contribution in [1.29, 1.82) is 5.26 Å². The van der Waals surface area contributed by atoms with Gasteiger partial charge in [0.15, 0.2) is 0 Å². The summed E-state index contributed by atoms with van der Waals surface area (Å²) >= 11 is 0. The van der Waals surface area contributed by atoms with E-state index in [1.807, 2.05) is 6.07 Å². The minimum atomic E-state index is -0.358. The van der Waals surface area contributed by atoms with Crippen LogP contribution in [0, 0.1) is 17.1 Å². The first-order chi connectivity index (χ1) is 9.19. The Balaban J connectivity index is 2.30. The van der Waals surface area contributed by atoms with Crippen molar-refractivity contribution < 1.29 is 4.39 Å². The fraction of sp³-hybridized carbons (Fsp3) is 0. The van der Waals surface area contributed by atoms with E-state index in [0.29, 0.717) is 22.3 Å². The predicted molar refractivity (Wildman–Crippen MR) is 68.6 cm³/mol. The molecule has 0 saturated heterocycles. The first-order valence-electron chi connectivity index (χ1n) is 5.60. The molecule has 4 nitrogen and oxygen atoms in total. The number of fused-ring (bicyclic) bond motifs is 1. The van der Waals surface area contributed by atoms with Gasteiger partial charge in [-0.2, -0.15) is 5.26 Å². The Bertz CT molecular complexity index is 853. The minimum absolute atomic E-state index is 0.323. The number of hydrogen-bond donors (Lipinski definition) is 1. The molecule has 0 spiro atoms. The van der Waals surface area contributed by atoms with Crippen LogP contribution in [0.2, 0.25) is 0 Å². The fourth-order valence-electron chi connectivity index (χ4n) is 2.03. The van der Waals surface area contributed by atoms with Gasteiger partial charge in [-0.15, -0.1) is 0 Å². The molecule has 3 rings (SSSR count). The third kappa shape index (κ3) is 1.79. The fourth-order valence-corrected chi connectivity index (χ4v) is 2.03. The first-order valence-corrected chi connectivity index (χ1v) is 5.60. The monoisotopic (exact) mass is 253 g/mol. The quantitative estimate of drug-likeness (QED) is 0.723. The number of nitrogens with one attached hydrogen (secondary N) is 1. The van der Waals surface area contributed by atoms with Crippen molar-refractivity contribution in [3.05, 3.63) is 64.3 Å². The van der Waals surface area contributed by atoms with E-state index >= 15 is 0 Å². The molecule has 92 valence electrons. The van der Waals surface area contributed by atoms with Gasteiger partial charge in [0.25, 0.3) is 0 Å². The second-order valence-corrected chi connectivity index (χ2v) is 4.09. The lowest BCUT2D eigenvalue weighted by Crippen LogP contribution is -2.14. The molecule has 0 aliphatic rings. The molecule has 0 amide bonds. The van der Waals surface area contributed by atoms with E-state index in [1.165, 1.54) is 28.8 Å². The van der Waals surface area contributed by atoms with Gasteiger partial charge in [-0.3, -0.25) is 4.57 Å². The van der Waals surface area contributed by atoms with E-state index in [0.717, 1.165) is 0 Å². The average Bonchev–Trinajstić information content (AvgIpc) is 2.74.